The largest absolute Gasteiger partial charge is 0.427 e. The van der Waals surface area contributed by atoms with Crippen molar-refractivity contribution in [3.63, 3.8) is 0 Å². The monoisotopic (exact) mass is 862 g/mol. The molecule has 0 radical (unpaired) electrons. The van der Waals surface area contributed by atoms with Gasteiger partial charge in [-0.25, -0.2) is 0 Å². The third-order valence-electron chi connectivity index (χ3n) is 9.96. The Hall–Kier alpha value is -4.65. The number of amides is 2. The summed E-state index contributed by atoms with van der Waals surface area (Å²) in [7, 11) is 0. The van der Waals surface area contributed by atoms with E-state index in [1.54, 1.807) is 36.5 Å². The number of carbonyl (C=O) groups is 3. The van der Waals surface area contributed by atoms with Crippen molar-refractivity contribution in [1.29, 1.82) is 0 Å². The zero-order valence-corrected chi connectivity index (χ0v) is 34.7. The van der Waals surface area contributed by atoms with Gasteiger partial charge in [-0.3, -0.25) is 24.4 Å². The van der Waals surface area contributed by atoms with Crippen LogP contribution in [0.5, 0.6) is 5.75 Å². The van der Waals surface area contributed by atoms with Crippen LogP contribution in [0.2, 0.25) is 18.7 Å². The van der Waals surface area contributed by atoms with E-state index in [-0.39, 0.29) is 23.9 Å². The maximum atomic E-state index is 12.6. The minimum Gasteiger partial charge on any atom is -0.427 e. The Morgan fingerprint density at radius 3 is 1.70 bits per heavy atom. The summed E-state index contributed by atoms with van der Waals surface area (Å²) in [5.41, 5.74) is 4.98. The first-order chi connectivity index (χ1) is 27.5. The quantitative estimate of drug-likeness (QED) is 0.120. The molecule has 6 aromatic rings. The van der Waals surface area contributed by atoms with Crippen molar-refractivity contribution in [2.75, 3.05) is 36.0 Å². The number of fused-ring (bicyclic) bond motifs is 2. The van der Waals surface area contributed by atoms with E-state index in [2.05, 4.69) is 30.4 Å². The smallest absolute Gasteiger partial charge is 0.308 e. The lowest BCUT2D eigenvalue weighted by molar-refractivity contribution is -0.131. The second kappa shape index (κ2) is 18.3. The summed E-state index contributed by atoms with van der Waals surface area (Å²) in [6, 6.07) is 24.1. The molecule has 0 spiro atoms. The van der Waals surface area contributed by atoms with E-state index in [0.29, 0.717) is 35.6 Å². The average molecular weight is 865 g/mol. The molecule has 0 aliphatic carbocycles. The second-order valence-electron chi connectivity index (χ2n) is 13.8. The summed E-state index contributed by atoms with van der Waals surface area (Å²) in [6.07, 6.45) is 7.01. The van der Waals surface area contributed by atoms with Crippen LogP contribution in [0.3, 0.4) is 0 Å². The van der Waals surface area contributed by atoms with Crippen molar-refractivity contribution in [3.05, 3.63) is 121 Å². The van der Waals surface area contributed by atoms with Gasteiger partial charge in [0.2, 0.25) is 0 Å². The van der Waals surface area contributed by atoms with Gasteiger partial charge in [-0.2, -0.15) is 0 Å². The second-order valence-corrected chi connectivity index (χ2v) is 17.0. The number of nitrogens with zero attached hydrogens (tertiary/aromatic N) is 4. The molecule has 8 rings (SSSR count). The molecule has 3 aromatic heterocycles. The summed E-state index contributed by atoms with van der Waals surface area (Å²) in [5.74, 6) is -0.363. The number of anilines is 2. The third-order valence-corrected chi connectivity index (χ3v) is 11.9. The molecule has 2 amide bonds. The molecule has 0 bridgehead atoms. The molecular formula is C42H38Cl4N6O4S. The number of carbonyl (C=O) groups excluding carboxylic acids is 3. The zero-order valence-electron chi connectivity index (χ0n) is 30.8. The summed E-state index contributed by atoms with van der Waals surface area (Å²) < 4.78 is 6.01. The summed E-state index contributed by atoms with van der Waals surface area (Å²) in [6.45, 7) is 4.71. The standard InChI is InChI=1S/C23H22ClN3O3.C19H16Cl3N3OS/c1-15(28)30-19-4-2-3-16(13-19)23(29)26-18-8-11-27(12-9-18)22-7-10-25-21-14-17(24)5-6-20(21)22;20-11-1-2-13-15(9-11)23-6-3-16(13)25-7-4-12(5-8-25)24-19(26)14-10-17(21)27-18(14)22/h2-7,10,13-14,18H,8-9,11-12H2,1H3,(H,26,29);1-3,6,9-10,12H,4-5,7-8H2,(H,24,26). The number of hydrogen-bond acceptors (Lipinski definition) is 9. The van der Waals surface area contributed by atoms with Gasteiger partial charge < -0.3 is 25.2 Å². The van der Waals surface area contributed by atoms with Gasteiger partial charge in [0.25, 0.3) is 11.8 Å². The molecule has 2 saturated heterocycles. The van der Waals surface area contributed by atoms with Gasteiger partial charge in [0.15, 0.2) is 0 Å². The highest BCUT2D eigenvalue weighted by atomic mass is 35.5. The maximum absolute atomic E-state index is 12.6. The highest BCUT2D eigenvalue weighted by Crippen LogP contribution is 2.33. The van der Waals surface area contributed by atoms with Crippen LogP contribution in [0.25, 0.3) is 21.8 Å². The molecule has 294 valence electrons. The molecule has 10 nitrogen and oxygen atoms in total. The van der Waals surface area contributed by atoms with Crippen LogP contribution in [-0.2, 0) is 4.79 Å². The predicted molar refractivity (Wildman–Crippen MR) is 231 cm³/mol. The van der Waals surface area contributed by atoms with E-state index in [0.717, 1.165) is 85.0 Å². The number of ether oxygens (including phenoxy) is 1. The SMILES string of the molecule is CC(=O)Oc1cccc(C(=O)NC2CCN(c3ccnc4cc(Cl)ccc34)CC2)c1.O=C(NC1CCN(c2ccnc3cc(Cl)ccc23)CC1)c1cc(Cl)sc1Cl. The van der Waals surface area contributed by atoms with E-state index in [4.69, 9.17) is 51.1 Å². The Kier molecular flexibility index (Phi) is 13.0. The van der Waals surface area contributed by atoms with Crippen molar-refractivity contribution in [3.8, 4) is 5.75 Å². The molecule has 57 heavy (non-hydrogen) atoms. The highest BCUT2D eigenvalue weighted by molar-refractivity contribution is 7.20. The molecular weight excluding hydrogens is 826 g/mol. The first-order valence-electron chi connectivity index (χ1n) is 18.4. The molecule has 0 saturated carbocycles. The number of nitrogens with one attached hydrogen (secondary N) is 2. The fraction of sp³-hybridized carbons (Fsp3) is 0.262. The lowest BCUT2D eigenvalue weighted by atomic mass is 10.0. The Morgan fingerprint density at radius 1 is 0.684 bits per heavy atom. The number of benzene rings is 3. The molecule has 0 unspecified atom stereocenters. The number of rotatable bonds is 7. The molecule has 5 heterocycles. The third kappa shape index (κ3) is 10.1. The number of thiophene rings is 1. The Balaban J connectivity index is 0.000000175. The number of esters is 1. The first-order valence-corrected chi connectivity index (χ1v) is 20.8. The minimum absolute atomic E-state index is 0.0914. The van der Waals surface area contributed by atoms with Crippen LogP contribution in [0, 0.1) is 0 Å². The topological polar surface area (TPSA) is 117 Å². The van der Waals surface area contributed by atoms with Gasteiger partial charge in [0.05, 0.1) is 20.9 Å². The normalized spacial score (nSPS) is 14.9. The molecule has 0 atom stereocenters. The van der Waals surface area contributed by atoms with E-state index in [9.17, 15) is 14.4 Å². The molecule has 2 fully saturated rings. The molecule has 2 aliphatic heterocycles. The van der Waals surface area contributed by atoms with Gasteiger partial charge >= 0.3 is 5.97 Å². The summed E-state index contributed by atoms with van der Waals surface area (Å²) in [4.78, 5) is 49.6. The number of halogens is 4. The first kappa shape index (κ1) is 40.5. The Bertz CT molecular complexity index is 2430. The van der Waals surface area contributed by atoms with Crippen LogP contribution in [0.15, 0.2) is 91.3 Å². The lowest BCUT2D eigenvalue weighted by Gasteiger charge is -2.34. The van der Waals surface area contributed by atoms with Crippen molar-refractivity contribution in [2.45, 2.75) is 44.7 Å². The number of piperidine rings is 2. The van der Waals surface area contributed by atoms with Gasteiger partial charge in [0.1, 0.15) is 10.1 Å². The molecule has 15 heteroatoms. The number of aromatic nitrogens is 2. The van der Waals surface area contributed by atoms with Crippen LogP contribution in [-0.4, -0.2) is 66.0 Å². The van der Waals surface area contributed by atoms with Gasteiger partial charge in [0, 0.05) is 95.3 Å². The molecule has 3 aromatic carbocycles. The van der Waals surface area contributed by atoms with Gasteiger partial charge in [-0.15, -0.1) is 11.3 Å². The van der Waals surface area contributed by atoms with Crippen LogP contribution in [0.1, 0.15) is 53.3 Å². The van der Waals surface area contributed by atoms with Crippen molar-refractivity contribution < 1.29 is 19.1 Å². The van der Waals surface area contributed by atoms with Crippen molar-refractivity contribution in [1.82, 2.24) is 20.6 Å². The predicted octanol–water partition coefficient (Wildman–Crippen LogP) is 9.87. The van der Waals surface area contributed by atoms with Crippen LogP contribution in [0.4, 0.5) is 11.4 Å². The van der Waals surface area contributed by atoms with Crippen molar-refractivity contribution in [2.24, 2.45) is 0 Å². The van der Waals surface area contributed by atoms with E-state index in [1.807, 2.05) is 54.7 Å². The maximum Gasteiger partial charge on any atom is 0.308 e. The highest BCUT2D eigenvalue weighted by Gasteiger charge is 2.25. The van der Waals surface area contributed by atoms with Gasteiger partial charge in [-0.1, -0.05) is 52.5 Å². The van der Waals surface area contributed by atoms with E-state index < -0.39 is 5.97 Å². The van der Waals surface area contributed by atoms with Crippen LogP contribution >= 0.6 is 57.7 Å². The fourth-order valence-corrected chi connectivity index (χ4v) is 8.98. The zero-order chi connectivity index (χ0) is 40.1. The summed E-state index contributed by atoms with van der Waals surface area (Å²) in [5, 5.41) is 9.69. The van der Waals surface area contributed by atoms with E-state index >= 15 is 0 Å². The average Bonchev–Trinajstić information content (AvgIpc) is 3.55. The molecule has 2 N–H and O–H groups in total. The summed E-state index contributed by atoms with van der Waals surface area (Å²) >= 11 is 25.4. The Labute approximate surface area is 354 Å². The van der Waals surface area contributed by atoms with Crippen LogP contribution < -0.4 is 25.2 Å². The fourth-order valence-electron chi connectivity index (χ4n) is 7.19. The Morgan fingerprint density at radius 2 is 1.21 bits per heavy atom. The lowest BCUT2D eigenvalue weighted by Crippen LogP contribution is -2.44. The van der Waals surface area contributed by atoms with Gasteiger partial charge in [-0.05, 0) is 98.5 Å². The molecule has 2 aliphatic rings. The minimum atomic E-state index is -0.411. The van der Waals surface area contributed by atoms with Crippen molar-refractivity contribution >= 4 is 109 Å². The van der Waals surface area contributed by atoms with E-state index in [1.165, 1.54) is 18.3 Å². The number of pyridine rings is 2. The number of hydrogen-bond donors (Lipinski definition) is 2.